The van der Waals surface area contributed by atoms with Gasteiger partial charge in [-0.05, 0) is 48.5 Å². The van der Waals surface area contributed by atoms with Gasteiger partial charge >= 0.3 is 0 Å². The molecule has 0 aliphatic heterocycles. The molecule has 0 unspecified atom stereocenters. The number of amides is 2. The van der Waals surface area contributed by atoms with Crippen molar-refractivity contribution in [3.63, 3.8) is 0 Å². The van der Waals surface area contributed by atoms with Crippen molar-refractivity contribution >= 4 is 50.9 Å². The standard InChI is InChI=1S/C21H19BrFN5O2S/c1-2-11-28-18(12-19(29)24-17-9-5-15(23)6-10-17)26-27-21(28)31-13-20(30)25-16-7-3-14(22)4-8-16/h2-10H,1,11-13H2,(H,24,29)(H,25,30). The van der Waals surface area contributed by atoms with Crippen molar-refractivity contribution in [1.82, 2.24) is 14.8 Å². The maximum atomic E-state index is 13.0. The van der Waals surface area contributed by atoms with E-state index in [1.165, 1.54) is 36.0 Å². The van der Waals surface area contributed by atoms with Crippen LogP contribution in [0.15, 0.2) is 70.8 Å². The van der Waals surface area contributed by atoms with Crippen LogP contribution in [0.3, 0.4) is 0 Å². The summed E-state index contributed by atoms with van der Waals surface area (Å²) in [5, 5.41) is 14.2. The van der Waals surface area contributed by atoms with Gasteiger partial charge in [0.1, 0.15) is 11.6 Å². The van der Waals surface area contributed by atoms with Crippen molar-refractivity contribution in [3.8, 4) is 0 Å². The minimum atomic E-state index is -0.380. The molecule has 0 aliphatic carbocycles. The fourth-order valence-corrected chi connectivity index (χ4v) is 3.64. The maximum Gasteiger partial charge on any atom is 0.234 e. The molecule has 0 radical (unpaired) electrons. The molecule has 7 nitrogen and oxygen atoms in total. The van der Waals surface area contributed by atoms with Crippen molar-refractivity contribution in [1.29, 1.82) is 0 Å². The second kappa shape index (κ2) is 10.9. The molecule has 0 fully saturated rings. The Morgan fingerprint density at radius 2 is 1.65 bits per heavy atom. The molecule has 3 rings (SSSR count). The highest BCUT2D eigenvalue weighted by atomic mass is 79.9. The summed E-state index contributed by atoms with van der Waals surface area (Å²) in [5.74, 6) is -0.303. The second-order valence-electron chi connectivity index (χ2n) is 6.37. The maximum absolute atomic E-state index is 13.0. The molecular weight excluding hydrogens is 485 g/mol. The van der Waals surface area contributed by atoms with Crippen LogP contribution in [0.25, 0.3) is 0 Å². The lowest BCUT2D eigenvalue weighted by Gasteiger charge is -2.09. The number of rotatable bonds is 9. The lowest BCUT2D eigenvalue weighted by atomic mass is 10.3. The van der Waals surface area contributed by atoms with Crippen molar-refractivity contribution in [3.05, 3.63) is 77.3 Å². The van der Waals surface area contributed by atoms with Crippen molar-refractivity contribution in [2.75, 3.05) is 16.4 Å². The number of nitrogens with zero attached hydrogens (tertiary/aromatic N) is 3. The smallest absolute Gasteiger partial charge is 0.234 e. The van der Waals surface area contributed by atoms with E-state index >= 15 is 0 Å². The van der Waals surface area contributed by atoms with E-state index in [2.05, 4.69) is 43.3 Å². The molecule has 1 heterocycles. The fraction of sp³-hybridized carbons (Fsp3) is 0.143. The van der Waals surface area contributed by atoms with Gasteiger partial charge in [0.05, 0.1) is 12.2 Å². The zero-order chi connectivity index (χ0) is 22.2. The quantitative estimate of drug-likeness (QED) is 0.336. The first-order valence-electron chi connectivity index (χ1n) is 9.21. The number of aromatic nitrogens is 3. The van der Waals surface area contributed by atoms with Gasteiger partial charge in [-0.2, -0.15) is 0 Å². The van der Waals surface area contributed by atoms with Crippen LogP contribution in [0.5, 0.6) is 0 Å². The van der Waals surface area contributed by atoms with Crippen LogP contribution in [-0.4, -0.2) is 32.3 Å². The van der Waals surface area contributed by atoms with Crippen LogP contribution < -0.4 is 10.6 Å². The Morgan fingerprint density at radius 1 is 1.03 bits per heavy atom. The number of benzene rings is 2. The van der Waals surface area contributed by atoms with Gasteiger partial charge in [0, 0.05) is 22.4 Å². The van der Waals surface area contributed by atoms with E-state index < -0.39 is 0 Å². The largest absolute Gasteiger partial charge is 0.326 e. The van der Waals surface area contributed by atoms with Crippen molar-refractivity contribution in [2.24, 2.45) is 0 Å². The van der Waals surface area contributed by atoms with E-state index in [0.717, 1.165) is 4.47 Å². The van der Waals surface area contributed by atoms with Gasteiger partial charge in [0.2, 0.25) is 11.8 Å². The minimum Gasteiger partial charge on any atom is -0.326 e. The monoisotopic (exact) mass is 503 g/mol. The molecule has 10 heteroatoms. The summed E-state index contributed by atoms with van der Waals surface area (Å²) in [7, 11) is 0. The van der Waals surface area contributed by atoms with Gasteiger partial charge in [-0.15, -0.1) is 16.8 Å². The third-order valence-electron chi connectivity index (χ3n) is 4.01. The zero-order valence-corrected chi connectivity index (χ0v) is 18.7. The molecule has 0 atom stereocenters. The van der Waals surface area contributed by atoms with Crippen LogP contribution in [0.4, 0.5) is 15.8 Å². The van der Waals surface area contributed by atoms with Crippen LogP contribution in [0, 0.1) is 5.82 Å². The number of anilines is 2. The molecule has 0 spiro atoms. The average Bonchev–Trinajstić information content (AvgIpc) is 3.11. The molecule has 0 bridgehead atoms. The van der Waals surface area contributed by atoms with Gasteiger partial charge < -0.3 is 15.2 Å². The fourth-order valence-electron chi connectivity index (χ4n) is 2.61. The van der Waals surface area contributed by atoms with Crippen LogP contribution >= 0.6 is 27.7 Å². The van der Waals surface area contributed by atoms with Gasteiger partial charge in [0.15, 0.2) is 5.16 Å². The lowest BCUT2D eigenvalue weighted by Crippen LogP contribution is -2.18. The molecule has 0 aliphatic rings. The zero-order valence-electron chi connectivity index (χ0n) is 16.3. The summed E-state index contributed by atoms with van der Waals surface area (Å²) in [5.41, 5.74) is 1.18. The number of hydrogen-bond acceptors (Lipinski definition) is 5. The molecule has 3 aromatic rings. The van der Waals surface area contributed by atoms with Crippen molar-refractivity contribution in [2.45, 2.75) is 18.1 Å². The number of carbonyl (C=O) groups excluding carboxylic acids is 2. The van der Waals surface area contributed by atoms with Gasteiger partial charge in [-0.3, -0.25) is 9.59 Å². The first-order valence-corrected chi connectivity index (χ1v) is 11.0. The van der Waals surface area contributed by atoms with Gasteiger partial charge in [-0.25, -0.2) is 4.39 Å². The van der Waals surface area contributed by atoms with E-state index in [0.29, 0.717) is 28.9 Å². The molecule has 31 heavy (non-hydrogen) atoms. The SMILES string of the molecule is C=CCn1c(CC(=O)Nc2ccc(F)cc2)nnc1SCC(=O)Nc1ccc(Br)cc1. The number of carbonyl (C=O) groups is 2. The van der Waals surface area contributed by atoms with Gasteiger partial charge in [0.25, 0.3) is 0 Å². The summed E-state index contributed by atoms with van der Waals surface area (Å²) >= 11 is 4.57. The molecule has 0 saturated carbocycles. The number of hydrogen-bond donors (Lipinski definition) is 2. The van der Waals surface area contributed by atoms with Crippen LogP contribution in [-0.2, 0) is 22.6 Å². The summed E-state index contributed by atoms with van der Waals surface area (Å²) < 4.78 is 15.7. The minimum absolute atomic E-state index is 0.0239. The van der Waals surface area contributed by atoms with E-state index in [1.807, 2.05) is 12.1 Å². The second-order valence-corrected chi connectivity index (χ2v) is 8.23. The molecule has 2 aromatic carbocycles. The first-order chi connectivity index (χ1) is 14.9. The number of nitrogens with one attached hydrogen (secondary N) is 2. The predicted molar refractivity (Wildman–Crippen MR) is 122 cm³/mol. The molecule has 2 amide bonds. The Balaban J connectivity index is 1.60. The van der Waals surface area contributed by atoms with Crippen LogP contribution in [0.1, 0.15) is 5.82 Å². The summed E-state index contributed by atoms with van der Waals surface area (Å²) in [6.45, 7) is 4.12. The van der Waals surface area contributed by atoms with Gasteiger partial charge in [-0.1, -0.05) is 33.8 Å². The average molecular weight is 504 g/mol. The Kier molecular flexibility index (Phi) is 7.96. The van der Waals surface area contributed by atoms with E-state index in [1.54, 1.807) is 22.8 Å². The van der Waals surface area contributed by atoms with E-state index in [-0.39, 0.29) is 29.8 Å². The van der Waals surface area contributed by atoms with Crippen molar-refractivity contribution < 1.29 is 14.0 Å². The molecular formula is C21H19BrFN5O2S. The third kappa shape index (κ3) is 6.76. The number of thioether (sulfide) groups is 1. The Labute approximate surface area is 191 Å². The molecule has 0 saturated heterocycles. The first kappa shape index (κ1) is 22.7. The summed E-state index contributed by atoms with van der Waals surface area (Å²) in [6.07, 6.45) is 1.64. The highest BCUT2D eigenvalue weighted by Gasteiger charge is 2.16. The van der Waals surface area contributed by atoms with E-state index in [4.69, 9.17) is 0 Å². The predicted octanol–water partition coefficient (Wildman–Crippen LogP) is 4.28. The van der Waals surface area contributed by atoms with Crippen LogP contribution in [0.2, 0.25) is 0 Å². The molecule has 1 aromatic heterocycles. The van der Waals surface area contributed by atoms with E-state index in [9.17, 15) is 14.0 Å². The normalized spacial score (nSPS) is 10.5. The molecule has 2 N–H and O–H groups in total. The molecule has 160 valence electrons. The Bertz CT molecular complexity index is 1070. The number of allylic oxidation sites excluding steroid dienone is 1. The highest BCUT2D eigenvalue weighted by molar-refractivity contribution is 9.10. The Hall–Kier alpha value is -2.98. The third-order valence-corrected chi connectivity index (χ3v) is 5.51. The topological polar surface area (TPSA) is 88.9 Å². The highest BCUT2D eigenvalue weighted by Crippen LogP contribution is 2.19. The lowest BCUT2D eigenvalue weighted by molar-refractivity contribution is -0.116. The summed E-state index contributed by atoms with van der Waals surface area (Å²) in [4.78, 5) is 24.6. The number of halogens is 2. The Morgan fingerprint density at radius 3 is 2.29 bits per heavy atom. The summed E-state index contributed by atoms with van der Waals surface area (Å²) in [6, 6.07) is 12.8.